The van der Waals surface area contributed by atoms with E-state index in [1.807, 2.05) is 12.1 Å². The van der Waals surface area contributed by atoms with E-state index in [-0.39, 0.29) is 10.6 Å². The normalized spacial score (nSPS) is 23.8. The largest absolute Gasteiger partial charge is 0.310 e. The zero-order valence-corrected chi connectivity index (χ0v) is 10.1. The van der Waals surface area contributed by atoms with Gasteiger partial charge in [0.25, 0.3) is 5.69 Å². The van der Waals surface area contributed by atoms with Gasteiger partial charge in [0.05, 0.1) is 4.92 Å². The fourth-order valence-electron chi connectivity index (χ4n) is 2.39. The van der Waals surface area contributed by atoms with Crippen LogP contribution >= 0.6 is 0 Å². The van der Waals surface area contributed by atoms with Crippen molar-refractivity contribution >= 4 is 5.69 Å². The average Bonchev–Trinajstić information content (AvgIpc) is 2.73. The summed E-state index contributed by atoms with van der Waals surface area (Å²) in [7, 11) is 0. The van der Waals surface area contributed by atoms with Gasteiger partial charge in [-0.05, 0) is 30.7 Å². The first-order valence-electron chi connectivity index (χ1n) is 6.12. The molecule has 17 heavy (non-hydrogen) atoms. The molecule has 4 heteroatoms. The van der Waals surface area contributed by atoms with E-state index in [0.717, 1.165) is 18.0 Å². The van der Waals surface area contributed by atoms with Crippen molar-refractivity contribution in [2.45, 2.75) is 38.8 Å². The smallest absolute Gasteiger partial charge is 0.269 e. The predicted molar refractivity (Wildman–Crippen MR) is 66.7 cm³/mol. The molecule has 0 spiro atoms. The Bertz CT molecular complexity index is 389. The Morgan fingerprint density at radius 1 is 1.35 bits per heavy atom. The molecule has 92 valence electrons. The van der Waals surface area contributed by atoms with Crippen LogP contribution < -0.4 is 5.32 Å². The van der Waals surface area contributed by atoms with Crippen LogP contribution in [0.5, 0.6) is 0 Å². The molecule has 0 heterocycles. The quantitative estimate of drug-likeness (QED) is 0.643. The number of rotatable bonds is 4. The molecule has 0 radical (unpaired) electrons. The molecule has 0 bridgehead atoms. The molecule has 1 N–H and O–H groups in total. The van der Waals surface area contributed by atoms with Crippen molar-refractivity contribution in [3.63, 3.8) is 0 Å². The van der Waals surface area contributed by atoms with Gasteiger partial charge >= 0.3 is 0 Å². The molecule has 4 nitrogen and oxygen atoms in total. The lowest BCUT2D eigenvalue weighted by Gasteiger charge is -2.12. The van der Waals surface area contributed by atoms with Crippen LogP contribution in [-0.4, -0.2) is 11.0 Å². The first-order chi connectivity index (χ1) is 8.15. The summed E-state index contributed by atoms with van der Waals surface area (Å²) < 4.78 is 0. The van der Waals surface area contributed by atoms with Crippen LogP contribution in [0.4, 0.5) is 5.69 Å². The Hall–Kier alpha value is -1.42. The number of hydrogen-bond donors (Lipinski definition) is 1. The van der Waals surface area contributed by atoms with Gasteiger partial charge in [-0.15, -0.1) is 0 Å². The van der Waals surface area contributed by atoms with Gasteiger partial charge in [-0.3, -0.25) is 10.1 Å². The summed E-state index contributed by atoms with van der Waals surface area (Å²) in [4.78, 5) is 10.1. The molecule has 0 aromatic heterocycles. The maximum Gasteiger partial charge on any atom is 0.269 e. The summed E-state index contributed by atoms with van der Waals surface area (Å²) in [5.74, 6) is 0.823. The number of hydrogen-bond acceptors (Lipinski definition) is 3. The molecule has 0 aliphatic heterocycles. The van der Waals surface area contributed by atoms with E-state index in [1.54, 1.807) is 12.1 Å². The number of benzene rings is 1. The Kier molecular flexibility index (Phi) is 3.74. The Labute approximate surface area is 101 Å². The van der Waals surface area contributed by atoms with Crippen LogP contribution in [0, 0.1) is 16.0 Å². The van der Waals surface area contributed by atoms with Gasteiger partial charge in [0.15, 0.2) is 0 Å². The number of nitro benzene ring substituents is 1. The van der Waals surface area contributed by atoms with E-state index >= 15 is 0 Å². The van der Waals surface area contributed by atoms with Crippen molar-refractivity contribution in [1.29, 1.82) is 0 Å². The summed E-state index contributed by atoms with van der Waals surface area (Å²) >= 11 is 0. The SMILES string of the molecule is CC1CCC(NCc2ccc([N+](=O)[O-])cc2)C1. The van der Waals surface area contributed by atoms with Gasteiger partial charge < -0.3 is 5.32 Å². The molecular weight excluding hydrogens is 216 g/mol. The Morgan fingerprint density at radius 3 is 2.59 bits per heavy atom. The standard InChI is InChI=1S/C13H18N2O2/c1-10-2-5-12(8-10)14-9-11-3-6-13(7-4-11)15(16)17/h3-4,6-7,10,12,14H,2,5,8-9H2,1H3. The second-order valence-electron chi connectivity index (χ2n) is 4.92. The molecule has 0 amide bonds. The van der Waals surface area contributed by atoms with Crippen molar-refractivity contribution in [3.8, 4) is 0 Å². The maximum atomic E-state index is 10.5. The molecule has 2 atom stereocenters. The summed E-state index contributed by atoms with van der Waals surface area (Å²) in [6.45, 7) is 3.09. The first-order valence-corrected chi connectivity index (χ1v) is 6.12. The summed E-state index contributed by atoms with van der Waals surface area (Å²) in [5.41, 5.74) is 1.26. The van der Waals surface area contributed by atoms with Crippen molar-refractivity contribution in [2.75, 3.05) is 0 Å². The van der Waals surface area contributed by atoms with Crippen LogP contribution in [0.25, 0.3) is 0 Å². The van der Waals surface area contributed by atoms with Gasteiger partial charge in [-0.1, -0.05) is 19.1 Å². The van der Waals surface area contributed by atoms with Crippen molar-refractivity contribution < 1.29 is 4.92 Å². The highest BCUT2D eigenvalue weighted by Crippen LogP contribution is 2.24. The minimum Gasteiger partial charge on any atom is -0.310 e. The van der Waals surface area contributed by atoms with Crippen LogP contribution in [0.2, 0.25) is 0 Å². The predicted octanol–water partition coefficient (Wildman–Crippen LogP) is 2.87. The van der Waals surface area contributed by atoms with Crippen molar-refractivity contribution in [3.05, 3.63) is 39.9 Å². The lowest BCUT2D eigenvalue weighted by molar-refractivity contribution is -0.384. The molecule has 1 fully saturated rings. The van der Waals surface area contributed by atoms with Gasteiger partial charge in [-0.25, -0.2) is 0 Å². The lowest BCUT2D eigenvalue weighted by Crippen LogP contribution is -2.25. The maximum absolute atomic E-state index is 10.5. The molecule has 2 rings (SSSR count). The van der Waals surface area contributed by atoms with Gasteiger partial charge in [-0.2, -0.15) is 0 Å². The highest BCUT2D eigenvalue weighted by molar-refractivity contribution is 5.32. The molecule has 2 unspecified atom stereocenters. The van der Waals surface area contributed by atoms with Crippen LogP contribution in [0.15, 0.2) is 24.3 Å². The fraction of sp³-hybridized carbons (Fsp3) is 0.538. The third kappa shape index (κ3) is 3.27. The highest BCUT2D eigenvalue weighted by Gasteiger charge is 2.20. The molecule has 1 aromatic rings. The van der Waals surface area contributed by atoms with E-state index in [9.17, 15) is 10.1 Å². The fourth-order valence-corrected chi connectivity index (χ4v) is 2.39. The van der Waals surface area contributed by atoms with E-state index in [1.165, 1.54) is 19.3 Å². The van der Waals surface area contributed by atoms with Gasteiger partial charge in [0.1, 0.15) is 0 Å². The zero-order chi connectivity index (χ0) is 12.3. The van der Waals surface area contributed by atoms with E-state index in [2.05, 4.69) is 12.2 Å². The third-order valence-electron chi connectivity index (χ3n) is 3.44. The van der Waals surface area contributed by atoms with Gasteiger partial charge in [0.2, 0.25) is 0 Å². The summed E-state index contributed by atoms with van der Waals surface area (Å²) in [6, 6.07) is 7.38. The summed E-state index contributed by atoms with van der Waals surface area (Å²) in [6.07, 6.45) is 3.79. The minimum atomic E-state index is -0.365. The lowest BCUT2D eigenvalue weighted by atomic mass is 10.1. The number of non-ortho nitro benzene ring substituents is 1. The monoisotopic (exact) mass is 234 g/mol. The second-order valence-corrected chi connectivity index (χ2v) is 4.92. The average molecular weight is 234 g/mol. The van der Waals surface area contributed by atoms with Crippen molar-refractivity contribution in [1.82, 2.24) is 5.32 Å². The Balaban J connectivity index is 1.85. The number of nitro groups is 1. The Morgan fingerprint density at radius 2 is 2.06 bits per heavy atom. The van der Waals surface area contributed by atoms with Crippen LogP contribution in [-0.2, 0) is 6.54 Å². The minimum absolute atomic E-state index is 0.156. The highest BCUT2D eigenvalue weighted by atomic mass is 16.6. The molecule has 1 saturated carbocycles. The summed E-state index contributed by atoms with van der Waals surface area (Å²) in [5, 5.41) is 14.0. The molecular formula is C13H18N2O2. The second kappa shape index (κ2) is 5.27. The van der Waals surface area contributed by atoms with E-state index in [4.69, 9.17) is 0 Å². The van der Waals surface area contributed by atoms with Gasteiger partial charge in [0, 0.05) is 24.7 Å². The zero-order valence-electron chi connectivity index (χ0n) is 10.1. The van der Waals surface area contributed by atoms with Crippen LogP contribution in [0.1, 0.15) is 31.7 Å². The first kappa shape index (κ1) is 12.0. The van der Waals surface area contributed by atoms with E-state index < -0.39 is 0 Å². The molecule has 0 saturated heterocycles. The van der Waals surface area contributed by atoms with E-state index in [0.29, 0.717) is 6.04 Å². The molecule has 1 aliphatic carbocycles. The molecule has 1 aliphatic rings. The third-order valence-corrected chi connectivity index (χ3v) is 3.44. The molecule has 1 aromatic carbocycles. The van der Waals surface area contributed by atoms with Crippen LogP contribution in [0.3, 0.4) is 0 Å². The van der Waals surface area contributed by atoms with Crippen molar-refractivity contribution in [2.24, 2.45) is 5.92 Å². The number of nitrogens with one attached hydrogen (secondary N) is 1. The number of nitrogens with zero attached hydrogens (tertiary/aromatic N) is 1. The topological polar surface area (TPSA) is 55.2 Å².